The molecule has 2 aliphatic rings. The number of benzene rings is 1. The maximum Gasteiger partial charge on any atom is 0.269 e. The Bertz CT molecular complexity index is 592. The van der Waals surface area contributed by atoms with Crippen molar-refractivity contribution in [1.29, 1.82) is 0 Å². The van der Waals surface area contributed by atoms with Gasteiger partial charge in [-0.2, -0.15) is 0 Å². The quantitative estimate of drug-likeness (QED) is 0.633. The van der Waals surface area contributed by atoms with E-state index in [2.05, 4.69) is 22.0 Å². The van der Waals surface area contributed by atoms with E-state index in [1.54, 1.807) is 12.1 Å². The minimum absolute atomic E-state index is 0.109. The van der Waals surface area contributed by atoms with Gasteiger partial charge in [-0.25, -0.2) is 0 Å². The van der Waals surface area contributed by atoms with Gasteiger partial charge in [0.05, 0.1) is 11.5 Å². The molecule has 0 radical (unpaired) electrons. The van der Waals surface area contributed by atoms with E-state index >= 15 is 0 Å². The molecule has 1 aliphatic carbocycles. The summed E-state index contributed by atoms with van der Waals surface area (Å²) < 4.78 is 0. The first-order valence-electron chi connectivity index (χ1n) is 8.54. The minimum atomic E-state index is -0.386. The lowest BCUT2D eigenvalue weighted by molar-refractivity contribution is -0.384. The van der Waals surface area contributed by atoms with E-state index in [9.17, 15) is 14.9 Å². The van der Waals surface area contributed by atoms with Crippen LogP contribution in [0.4, 0.5) is 11.4 Å². The molecule has 24 heavy (non-hydrogen) atoms. The second-order valence-corrected chi connectivity index (χ2v) is 6.73. The molecule has 0 spiro atoms. The van der Waals surface area contributed by atoms with Gasteiger partial charge in [-0.05, 0) is 37.8 Å². The molecular formula is C17H24N4O3. The minimum Gasteiger partial charge on any atom is -0.369 e. The second-order valence-electron chi connectivity index (χ2n) is 6.73. The van der Waals surface area contributed by atoms with Crippen LogP contribution >= 0.6 is 0 Å². The molecule has 7 nitrogen and oxygen atoms in total. The van der Waals surface area contributed by atoms with Crippen molar-refractivity contribution < 1.29 is 9.72 Å². The maximum atomic E-state index is 12.1. The van der Waals surface area contributed by atoms with Gasteiger partial charge in [0.25, 0.3) is 5.69 Å². The van der Waals surface area contributed by atoms with E-state index in [-0.39, 0.29) is 16.5 Å². The van der Waals surface area contributed by atoms with E-state index in [0.29, 0.717) is 18.5 Å². The molecule has 0 unspecified atom stereocenters. The summed E-state index contributed by atoms with van der Waals surface area (Å²) in [5.74, 6) is 0.783. The van der Waals surface area contributed by atoms with Crippen LogP contribution in [-0.2, 0) is 4.79 Å². The molecule has 1 aliphatic heterocycles. The number of nitro benzene ring substituents is 1. The summed E-state index contributed by atoms with van der Waals surface area (Å²) in [6.45, 7) is 5.82. The van der Waals surface area contributed by atoms with Crippen LogP contribution in [0, 0.1) is 16.0 Å². The molecule has 1 aromatic rings. The molecule has 1 amide bonds. The SMILES string of the molecule is C[C@H](NC(=O)CN1CCN(c2ccc([N+](=O)[O-])cc2)CC1)C1CC1. The number of amides is 1. The van der Waals surface area contributed by atoms with E-state index in [1.165, 1.54) is 25.0 Å². The number of carbonyl (C=O) groups is 1. The first-order chi connectivity index (χ1) is 11.5. The summed E-state index contributed by atoms with van der Waals surface area (Å²) in [5.41, 5.74) is 1.10. The lowest BCUT2D eigenvalue weighted by atomic mass is 10.2. The number of nitrogens with one attached hydrogen (secondary N) is 1. The Kier molecular flexibility index (Phi) is 4.99. The van der Waals surface area contributed by atoms with Gasteiger partial charge in [0.2, 0.25) is 5.91 Å². The number of anilines is 1. The predicted molar refractivity (Wildman–Crippen MR) is 92.1 cm³/mol. The third-order valence-corrected chi connectivity index (χ3v) is 4.88. The maximum absolute atomic E-state index is 12.1. The van der Waals surface area contributed by atoms with Crippen molar-refractivity contribution in [3.05, 3.63) is 34.4 Å². The van der Waals surface area contributed by atoms with Crippen LogP contribution in [0.15, 0.2) is 24.3 Å². The normalized spacial score (nSPS) is 19.8. The number of hydrogen-bond acceptors (Lipinski definition) is 5. The largest absolute Gasteiger partial charge is 0.369 e. The molecule has 0 bridgehead atoms. The fraction of sp³-hybridized carbons (Fsp3) is 0.588. The number of carbonyl (C=O) groups excluding carboxylic acids is 1. The Morgan fingerprint density at radius 2 is 1.88 bits per heavy atom. The van der Waals surface area contributed by atoms with Crippen molar-refractivity contribution in [1.82, 2.24) is 10.2 Å². The zero-order chi connectivity index (χ0) is 17.1. The van der Waals surface area contributed by atoms with Gasteiger partial charge in [-0.3, -0.25) is 19.8 Å². The smallest absolute Gasteiger partial charge is 0.269 e. The van der Waals surface area contributed by atoms with E-state index in [4.69, 9.17) is 0 Å². The van der Waals surface area contributed by atoms with Gasteiger partial charge < -0.3 is 10.2 Å². The summed E-state index contributed by atoms with van der Waals surface area (Å²) in [6, 6.07) is 6.94. The first kappa shape index (κ1) is 16.7. The summed E-state index contributed by atoms with van der Waals surface area (Å²) >= 11 is 0. The van der Waals surface area contributed by atoms with E-state index in [0.717, 1.165) is 31.9 Å². The number of non-ortho nitro benzene ring substituents is 1. The standard InChI is InChI=1S/C17H24N4O3/c1-13(14-2-3-14)18-17(22)12-19-8-10-20(11-9-19)15-4-6-16(7-5-15)21(23)24/h4-7,13-14H,2-3,8-12H2,1H3,(H,18,22)/t13-/m0/s1. The van der Waals surface area contributed by atoms with Crippen molar-refractivity contribution in [3.8, 4) is 0 Å². The molecule has 2 fully saturated rings. The Balaban J connectivity index is 1.44. The Morgan fingerprint density at radius 1 is 1.25 bits per heavy atom. The van der Waals surface area contributed by atoms with Gasteiger partial charge in [0.15, 0.2) is 0 Å². The number of hydrogen-bond donors (Lipinski definition) is 1. The highest BCUT2D eigenvalue weighted by atomic mass is 16.6. The number of rotatable bonds is 6. The highest BCUT2D eigenvalue weighted by molar-refractivity contribution is 5.78. The number of piperazine rings is 1. The van der Waals surface area contributed by atoms with Crippen molar-refractivity contribution in [2.24, 2.45) is 5.92 Å². The molecule has 7 heteroatoms. The Labute approximate surface area is 141 Å². The third kappa shape index (κ3) is 4.23. The predicted octanol–water partition coefficient (Wildman–Crippen LogP) is 1.63. The van der Waals surface area contributed by atoms with Crippen LogP contribution in [0.3, 0.4) is 0 Å². The molecule has 130 valence electrons. The van der Waals surface area contributed by atoms with Crippen LogP contribution < -0.4 is 10.2 Å². The number of nitro groups is 1. The first-order valence-corrected chi connectivity index (χ1v) is 8.54. The van der Waals surface area contributed by atoms with E-state index in [1.807, 2.05) is 0 Å². The van der Waals surface area contributed by atoms with Gasteiger partial charge in [0.1, 0.15) is 0 Å². The zero-order valence-electron chi connectivity index (χ0n) is 14.0. The zero-order valence-corrected chi connectivity index (χ0v) is 14.0. The van der Waals surface area contributed by atoms with Gasteiger partial charge in [-0.1, -0.05) is 0 Å². The van der Waals surface area contributed by atoms with Crippen LogP contribution in [0.2, 0.25) is 0 Å². The van der Waals surface area contributed by atoms with Gasteiger partial charge in [0, 0.05) is 50.0 Å². The molecule has 1 heterocycles. The van der Waals surface area contributed by atoms with Crippen LogP contribution in [0.25, 0.3) is 0 Å². The Morgan fingerprint density at radius 3 is 2.42 bits per heavy atom. The van der Waals surface area contributed by atoms with Crippen molar-refractivity contribution in [2.45, 2.75) is 25.8 Å². The van der Waals surface area contributed by atoms with Gasteiger partial charge >= 0.3 is 0 Å². The summed E-state index contributed by atoms with van der Waals surface area (Å²) in [5, 5.41) is 13.8. The molecule has 1 atom stereocenters. The van der Waals surface area contributed by atoms with Crippen molar-refractivity contribution in [3.63, 3.8) is 0 Å². The highest BCUT2D eigenvalue weighted by Gasteiger charge is 2.29. The molecule has 1 saturated carbocycles. The molecule has 1 aromatic carbocycles. The van der Waals surface area contributed by atoms with E-state index < -0.39 is 0 Å². The topological polar surface area (TPSA) is 78.7 Å². The molecule has 3 rings (SSSR count). The summed E-state index contributed by atoms with van der Waals surface area (Å²) in [6.07, 6.45) is 2.46. The molecule has 0 aromatic heterocycles. The van der Waals surface area contributed by atoms with Crippen LogP contribution in [-0.4, -0.2) is 54.5 Å². The van der Waals surface area contributed by atoms with Crippen LogP contribution in [0.5, 0.6) is 0 Å². The fourth-order valence-electron chi connectivity index (χ4n) is 3.17. The fourth-order valence-corrected chi connectivity index (χ4v) is 3.17. The number of nitrogens with zero attached hydrogens (tertiary/aromatic N) is 3. The second kappa shape index (κ2) is 7.17. The molecular weight excluding hydrogens is 308 g/mol. The van der Waals surface area contributed by atoms with Gasteiger partial charge in [-0.15, -0.1) is 0 Å². The highest BCUT2D eigenvalue weighted by Crippen LogP contribution is 2.32. The Hall–Kier alpha value is -2.15. The lowest BCUT2D eigenvalue weighted by Crippen LogP contribution is -2.50. The third-order valence-electron chi connectivity index (χ3n) is 4.88. The molecule has 1 saturated heterocycles. The van der Waals surface area contributed by atoms with Crippen LogP contribution in [0.1, 0.15) is 19.8 Å². The monoisotopic (exact) mass is 332 g/mol. The average molecular weight is 332 g/mol. The lowest BCUT2D eigenvalue weighted by Gasteiger charge is -2.35. The summed E-state index contributed by atoms with van der Waals surface area (Å²) in [4.78, 5) is 26.8. The average Bonchev–Trinajstić information content (AvgIpc) is 3.40. The molecule has 1 N–H and O–H groups in total. The van der Waals surface area contributed by atoms with Crippen molar-refractivity contribution in [2.75, 3.05) is 37.6 Å². The van der Waals surface area contributed by atoms with Crippen molar-refractivity contribution >= 4 is 17.3 Å². The summed E-state index contributed by atoms with van der Waals surface area (Å²) in [7, 11) is 0.